The van der Waals surface area contributed by atoms with Gasteiger partial charge in [0.05, 0.1) is 25.4 Å². The van der Waals surface area contributed by atoms with Crippen molar-refractivity contribution in [2.45, 2.75) is 495 Å². The van der Waals surface area contributed by atoms with Gasteiger partial charge >= 0.3 is 5.97 Å². The van der Waals surface area contributed by atoms with Crippen molar-refractivity contribution >= 4 is 11.9 Å². The van der Waals surface area contributed by atoms with E-state index in [1.54, 1.807) is 0 Å². The molecule has 0 heterocycles. The second kappa shape index (κ2) is 84.2. The summed E-state index contributed by atoms with van der Waals surface area (Å²) in [5, 5.41) is 23.5. The molecule has 560 valence electrons. The monoisotopic (exact) mass is 1330 g/mol. The molecular weight excluding hydrogens is 1160 g/mol. The zero-order valence-electron chi connectivity index (χ0n) is 64.4. The molecular formula is C89H169NO5. The molecule has 0 bridgehead atoms. The number of hydrogen-bond acceptors (Lipinski definition) is 5. The van der Waals surface area contributed by atoms with Crippen LogP contribution >= 0.6 is 0 Å². The summed E-state index contributed by atoms with van der Waals surface area (Å²) in [5.41, 5.74) is 0. The average Bonchev–Trinajstić information content (AvgIpc) is 2.95. The smallest absolute Gasteiger partial charge is 0.305 e. The van der Waals surface area contributed by atoms with Gasteiger partial charge in [-0.3, -0.25) is 9.59 Å². The van der Waals surface area contributed by atoms with Crippen molar-refractivity contribution in [1.82, 2.24) is 5.32 Å². The molecule has 0 aliphatic heterocycles. The first-order chi connectivity index (χ1) is 47.0. The van der Waals surface area contributed by atoms with E-state index in [0.29, 0.717) is 25.9 Å². The highest BCUT2D eigenvalue weighted by Gasteiger charge is 2.20. The van der Waals surface area contributed by atoms with E-state index in [4.69, 9.17) is 4.74 Å². The molecule has 0 saturated heterocycles. The Morgan fingerprint density at radius 2 is 0.526 bits per heavy atom. The van der Waals surface area contributed by atoms with Gasteiger partial charge in [-0.2, -0.15) is 0 Å². The molecule has 6 heteroatoms. The number of nitrogens with one attached hydrogen (secondary N) is 1. The standard InChI is InChI=1S/C89H169NO5/c1-3-5-7-9-11-13-15-17-19-20-21-22-23-41-44-47-50-54-57-61-65-69-73-77-81-87(92)86(85-91)90-88(93)82-78-74-70-66-62-58-55-51-48-45-42-39-37-35-33-31-29-27-25-24-26-28-30-32-34-36-38-40-43-46-49-52-56-60-64-68-72-76-80-84-95-89(94)83-79-75-71-67-63-59-53-18-16-14-12-10-8-6-4-2/h12,14,18,24-25,28,30,53,86-87,91-92H,3-11,13,15-17,19-23,26-27,29,31-52,54-85H2,1-2H3,(H,90,93)/b14-12-,25-24-,30-28-,53-18-. The van der Waals surface area contributed by atoms with Gasteiger partial charge in [-0.25, -0.2) is 0 Å². The predicted molar refractivity (Wildman–Crippen MR) is 421 cm³/mol. The Morgan fingerprint density at radius 3 is 0.821 bits per heavy atom. The van der Waals surface area contributed by atoms with Crippen LogP contribution < -0.4 is 5.32 Å². The Balaban J connectivity index is 3.36. The van der Waals surface area contributed by atoms with E-state index in [-0.39, 0.29) is 18.5 Å². The zero-order chi connectivity index (χ0) is 68.4. The molecule has 0 aliphatic carbocycles. The summed E-state index contributed by atoms with van der Waals surface area (Å²) in [5.74, 6) is -0.0193. The fourth-order valence-corrected chi connectivity index (χ4v) is 13.8. The zero-order valence-corrected chi connectivity index (χ0v) is 64.4. The number of ether oxygens (including phenoxy) is 1. The third-order valence-corrected chi connectivity index (χ3v) is 20.4. The quantitative estimate of drug-likeness (QED) is 0.0320. The Bertz CT molecular complexity index is 1590. The number of aliphatic hydroxyl groups excluding tert-OH is 2. The van der Waals surface area contributed by atoms with Gasteiger partial charge in [0, 0.05) is 12.8 Å². The molecule has 95 heavy (non-hydrogen) atoms. The molecule has 0 aromatic carbocycles. The van der Waals surface area contributed by atoms with E-state index in [9.17, 15) is 19.8 Å². The minimum Gasteiger partial charge on any atom is -0.466 e. The summed E-state index contributed by atoms with van der Waals surface area (Å²) in [6.45, 7) is 4.97. The molecule has 0 saturated carbocycles. The molecule has 3 N–H and O–H groups in total. The Hall–Kier alpha value is -2.18. The van der Waals surface area contributed by atoms with Gasteiger partial charge in [-0.1, -0.05) is 428 Å². The highest BCUT2D eigenvalue weighted by molar-refractivity contribution is 5.76. The Morgan fingerprint density at radius 1 is 0.295 bits per heavy atom. The van der Waals surface area contributed by atoms with Gasteiger partial charge in [0.25, 0.3) is 0 Å². The van der Waals surface area contributed by atoms with Crippen LogP contribution in [0, 0.1) is 0 Å². The second-order valence-electron chi connectivity index (χ2n) is 29.9. The first kappa shape index (κ1) is 92.8. The van der Waals surface area contributed by atoms with Crippen molar-refractivity contribution in [2.75, 3.05) is 13.2 Å². The van der Waals surface area contributed by atoms with Gasteiger partial charge in [-0.05, 0) is 89.9 Å². The average molecular weight is 1330 g/mol. The van der Waals surface area contributed by atoms with E-state index in [0.717, 1.165) is 57.8 Å². The van der Waals surface area contributed by atoms with E-state index in [1.165, 1.54) is 392 Å². The minimum atomic E-state index is -0.664. The maximum Gasteiger partial charge on any atom is 0.305 e. The lowest BCUT2D eigenvalue weighted by atomic mass is 10.0. The van der Waals surface area contributed by atoms with Crippen molar-refractivity contribution in [3.63, 3.8) is 0 Å². The fraction of sp³-hybridized carbons (Fsp3) is 0.888. The number of esters is 1. The van der Waals surface area contributed by atoms with Crippen LogP contribution in [-0.4, -0.2) is 47.4 Å². The molecule has 0 aromatic heterocycles. The van der Waals surface area contributed by atoms with Crippen molar-refractivity contribution < 1.29 is 24.5 Å². The number of unbranched alkanes of at least 4 members (excludes halogenated alkanes) is 63. The van der Waals surface area contributed by atoms with Gasteiger partial charge in [0.15, 0.2) is 0 Å². The van der Waals surface area contributed by atoms with Gasteiger partial charge in [-0.15, -0.1) is 0 Å². The van der Waals surface area contributed by atoms with Crippen LogP contribution in [0.4, 0.5) is 0 Å². The van der Waals surface area contributed by atoms with Gasteiger partial charge in [0.1, 0.15) is 0 Å². The number of rotatable bonds is 82. The van der Waals surface area contributed by atoms with E-state index in [2.05, 4.69) is 67.8 Å². The minimum absolute atomic E-state index is 0.00685. The number of aliphatic hydroxyl groups is 2. The molecule has 0 aliphatic rings. The number of carbonyl (C=O) groups excluding carboxylic acids is 2. The third kappa shape index (κ3) is 80.7. The first-order valence-electron chi connectivity index (χ1n) is 43.4. The van der Waals surface area contributed by atoms with Crippen molar-refractivity contribution in [3.8, 4) is 0 Å². The van der Waals surface area contributed by atoms with E-state index >= 15 is 0 Å². The molecule has 0 radical (unpaired) electrons. The van der Waals surface area contributed by atoms with Gasteiger partial charge < -0.3 is 20.3 Å². The lowest BCUT2D eigenvalue weighted by Crippen LogP contribution is -2.45. The van der Waals surface area contributed by atoms with Crippen LogP contribution in [0.15, 0.2) is 48.6 Å². The first-order valence-corrected chi connectivity index (χ1v) is 43.4. The normalized spacial score (nSPS) is 12.7. The summed E-state index contributed by atoms with van der Waals surface area (Å²) in [6, 6.07) is -0.541. The molecule has 0 spiro atoms. The van der Waals surface area contributed by atoms with E-state index in [1.807, 2.05) is 0 Å². The molecule has 2 atom stereocenters. The summed E-state index contributed by atoms with van der Waals surface area (Å²) >= 11 is 0. The van der Waals surface area contributed by atoms with Crippen LogP contribution in [0.5, 0.6) is 0 Å². The summed E-state index contributed by atoms with van der Waals surface area (Å²) in [7, 11) is 0. The highest BCUT2D eigenvalue weighted by atomic mass is 16.5. The largest absolute Gasteiger partial charge is 0.466 e. The highest BCUT2D eigenvalue weighted by Crippen LogP contribution is 2.20. The SMILES string of the molecule is CCCCC/C=C\C/C=C\CCCCCCCC(=O)OCCCCCCCCCCCCCCCCC/C=C\C/C=C\CCCCCCCCCCCCCCCCCCCC(=O)NC(CO)C(O)CCCCCCCCCCCCCCCCCCCCCCCCCC. The summed E-state index contributed by atoms with van der Waals surface area (Å²) in [6.07, 6.45) is 112. The number of amides is 1. The predicted octanol–water partition coefficient (Wildman–Crippen LogP) is 29.1. The number of hydrogen-bond donors (Lipinski definition) is 3. The van der Waals surface area contributed by atoms with Crippen LogP contribution in [0.2, 0.25) is 0 Å². The van der Waals surface area contributed by atoms with Crippen LogP contribution in [-0.2, 0) is 14.3 Å². The van der Waals surface area contributed by atoms with Gasteiger partial charge in [0.2, 0.25) is 5.91 Å². The Labute approximate surface area is 595 Å². The molecule has 6 nitrogen and oxygen atoms in total. The van der Waals surface area contributed by atoms with Crippen LogP contribution in [0.3, 0.4) is 0 Å². The number of allylic oxidation sites excluding steroid dienone is 8. The summed E-state index contributed by atoms with van der Waals surface area (Å²) in [4.78, 5) is 24.7. The van der Waals surface area contributed by atoms with Crippen molar-refractivity contribution in [2.24, 2.45) is 0 Å². The summed E-state index contributed by atoms with van der Waals surface area (Å²) < 4.78 is 5.49. The number of carbonyl (C=O) groups is 2. The maximum atomic E-state index is 12.6. The van der Waals surface area contributed by atoms with Crippen molar-refractivity contribution in [3.05, 3.63) is 48.6 Å². The fourth-order valence-electron chi connectivity index (χ4n) is 13.8. The molecule has 0 fully saturated rings. The topological polar surface area (TPSA) is 95.9 Å². The second-order valence-corrected chi connectivity index (χ2v) is 29.9. The van der Waals surface area contributed by atoms with E-state index < -0.39 is 12.1 Å². The molecule has 2 unspecified atom stereocenters. The maximum absolute atomic E-state index is 12.6. The molecule has 0 aromatic rings. The van der Waals surface area contributed by atoms with Crippen LogP contribution in [0.25, 0.3) is 0 Å². The Kier molecular flexibility index (Phi) is 82.3. The molecule has 0 rings (SSSR count). The van der Waals surface area contributed by atoms with Crippen molar-refractivity contribution in [1.29, 1.82) is 0 Å². The third-order valence-electron chi connectivity index (χ3n) is 20.4. The molecule has 1 amide bonds. The lowest BCUT2D eigenvalue weighted by Gasteiger charge is -2.22. The lowest BCUT2D eigenvalue weighted by molar-refractivity contribution is -0.143. The van der Waals surface area contributed by atoms with Crippen LogP contribution in [0.1, 0.15) is 483 Å².